The van der Waals surface area contributed by atoms with Crippen molar-refractivity contribution in [2.24, 2.45) is 0 Å². The quantitative estimate of drug-likeness (QED) is 0.874. The van der Waals surface area contributed by atoms with Crippen molar-refractivity contribution < 1.29 is 0 Å². The lowest BCUT2D eigenvalue weighted by Gasteiger charge is -2.23. The van der Waals surface area contributed by atoms with Crippen molar-refractivity contribution in [2.45, 2.75) is 13.0 Å². The van der Waals surface area contributed by atoms with E-state index in [-0.39, 0.29) is 0 Å². The summed E-state index contributed by atoms with van der Waals surface area (Å²) in [7, 11) is 4.22. The number of pyridine rings is 1. The van der Waals surface area contributed by atoms with Gasteiger partial charge in [0, 0.05) is 30.4 Å². The number of aromatic nitrogens is 1. The third-order valence-electron chi connectivity index (χ3n) is 3.09. The van der Waals surface area contributed by atoms with Crippen LogP contribution in [-0.2, 0) is 0 Å². The second-order valence-electron chi connectivity index (χ2n) is 4.82. The Morgan fingerprint density at radius 3 is 2.83 bits per heavy atom. The highest BCUT2D eigenvalue weighted by Crippen LogP contribution is 2.24. The summed E-state index contributed by atoms with van der Waals surface area (Å²) < 4.78 is 0. The van der Waals surface area contributed by atoms with Crippen molar-refractivity contribution in [1.29, 1.82) is 0 Å². The molecule has 3 heteroatoms. The van der Waals surface area contributed by atoms with E-state index in [0.717, 1.165) is 13.1 Å². The summed E-state index contributed by atoms with van der Waals surface area (Å²) in [5, 5.41) is 6.06. The lowest BCUT2D eigenvalue weighted by molar-refractivity contribution is 0.346. The highest BCUT2D eigenvalue weighted by molar-refractivity contribution is 5.85. The fourth-order valence-electron chi connectivity index (χ4n) is 2.34. The number of rotatable bonds is 5. The molecule has 18 heavy (non-hydrogen) atoms. The molecule has 0 saturated carbocycles. The Morgan fingerprint density at radius 2 is 2.11 bits per heavy atom. The highest BCUT2D eigenvalue weighted by Gasteiger charge is 2.13. The zero-order valence-corrected chi connectivity index (χ0v) is 11.4. The van der Waals surface area contributed by atoms with Gasteiger partial charge in [-0.05, 0) is 37.7 Å². The monoisotopic (exact) mass is 243 g/mol. The third-order valence-corrected chi connectivity index (χ3v) is 3.09. The van der Waals surface area contributed by atoms with E-state index in [9.17, 15) is 0 Å². The molecule has 0 amide bonds. The van der Waals surface area contributed by atoms with Crippen LogP contribution < -0.4 is 5.32 Å². The molecule has 0 aliphatic rings. The second-order valence-corrected chi connectivity index (χ2v) is 4.82. The maximum Gasteiger partial charge on any atom is 0.0455 e. The zero-order chi connectivity index (χ0) is 13.0. The van der Waals surface area contributed by atoms with Gasteiger partial charge >= 0.3 is 0 Å². The molecule has 0 radical (unpaired) electrons. The Labute approximate surface area is 109 Å². The predicted molar refractivity (Wildman–Crippen MR) is 76.7 cm³/mol. The molecule has 1 aromatic carbocycles. The number of fused-ring (bicyclic) bond motifs is 1. The van der Waals surface area contributed by atoms with Crippen molar-refractivity contribution in [3.8, 4) is 0 Å². The van der Waals surface area contributed by atoms with Crippen molar-refractivity contribution in [2.75, 3.05) is 27.2 Å². The highest BCUT2D eigenvalue weighted by atomic mass is 15.1. The van der Waals surface area contributed by atoms with E-state index in [2.05, 4.69) is 60.5 Å². The first-order valence-electron chi connectivity index (χ1n) is 6.43. The van der Waals surface area contributed by atoms with E-state index in [0.29, 0.717) is 6.04 Å². The first kappa shape index (κ1) is 13.0. The topological polar surface area (TPSA) is 28.2 Å². The fourth-order valence-corrected chi connectivity index (χ4v) is 2.34. The van der Waals surface area contributed by atoms with Crippen LogP contribution in [-0.4, -0.2) is 37.1 Å². The molecule has 2 aromatic rings. The van der Waals surface area contributed by atoms with Gasteiger partial charge in [0.1, 0.15) is 0 Å². The van der Waals surface area contributed by atoms with Crippen LogP contribution in [0.5, 0.6) is 0 Å². The second kappa shape index (κ2) is 5.94. The van der Waals surface area contributed by atoms with Crippen LogP contribution in [0.25, 0.3) is 10.8 Å². The van der Waals surface area contributed by atoms with E-state index >= 15 is 0 Å². The minimum Gasteiger partial charge on any atom is -0.309 e. The van der Waals surface area contributed by atoms with Gasteiger partial charge in [-0.2, -0.15) is 0 Å². The summed E-state index contributed by atoms with van der Waals surface area (Å²) >= 11 is 0. The molecule has 1 aromatic heterocycles. The first-order valence-corrected chi connectivity index (χ1v) is 6.43. The minimum absolute atomic E-state index is 0.358. The van der Waals surface area contributed by atoms with Crippen LogP contribution in [0.15, 0.2) is 36.7 Å². The molecule has 2 rings (SSSR count). The van der Waals surface area contributed by atoms with E-state index in [4.69, 9.17) is 0 Å². The van der Waals surface area contributed by atoms with Gasteiger partial charge in [-0.3, -0.25) is 4.98 Å². The number of hydrogen-bond donors (Lipinski definition) is 1. The number of benzene rings is 1. The Bertz CT molecular complexity index is 503. The standard InChI is InChI=1S/C15H21N3/c1-4-17-15(11-18(2)3)14-7-5-6-12-10-16-9-8-13(12)14/h5-10,15,17H,4,11H2,1-3H3. The third kappa shape index (κ3) is 2.86. The van der Waals surface area contributed by atoms with Crippen LogP contribution in [0.3, 0.4) is 0 Å². The van der Waals surface area contributed by atoms with E-state index in [1.165, 1.54) is 16.3 Å². The van der Waals surface area contributed by atoms with Crippen LogP contribution >= 0.6 is 0 Å². The molecule has 0 aliphatic carbocycles. The zero-order valence-electron chi connectivity index (χ0n) is 11.4. The van der Waals surface area contributed by atoms with E-state index in [1.54, 1.807) is 0 Å². The van der Waals surface area contributed by atoms with Crippen molar-refractivity contribution in [3.63, 3.8) is 0 Å². The summed E-state index contributed by atoms with van der Waals surface area (Å²) in [5.41, 5.74) is 1.35. The average molecular weight is 243 g/mol. The van der Waals surface area contributed by atoms with Crippen LogP contribution in [0.1, 0.15) is 18.5 Å². The van der Waals surface area contributed by atoms with Gasteiger partial charge in [0.15, 0.2) is 0 Å². The van der Waals surface area contributed by atoms with Crippen molar-refractivity contribution >= 4 is 10.8 Å². The predicted octanol–water partition coefficient (Wildman–Crippen LogP) is 2.45. The maximum atomic E-state index is 4.19. The van der Waals surface area contributed by atoms with Gasteiger partial charge < -0.3 is 10.2 Å². The van der Waals surface area contributed by atoms with Gasteiger partial charge in [-0.1, -0.05) is 25.1 Å². The summed E-state index contributed by atoms with van der Waals surface area (Å²) in [6.07, 6.45) is 3.79. The minimum atomic E-state index is 0.358. The van der Waals surface area contributed by atoms with Crippen LogP contribution in [0.4, 0.5) is 0 Å². The Kier molecular flexibility index (Phi) is 4.28. The van der Waals surface area contributed by atoms with Crippen LogP contribution in [0, 0.1) is 0 Å². The SMILES string of the molecule is CCNC(CN(C)C)c1cccc2cnccc12. The smallest absolute Gasteiger partial charge is 0.0455 e. The molecule has 0 spiro atoms. The lowest BCUT2D eigenvalue weighted by Crippen LogP contribution is -2.31. The molecular weight excluding hydrogens is 222 g/mol. The Balaban J connectivity index is 2.43. The van der Waals surface area contributed by atoms with Gasteiger partial charge in [0.2, 0.25) is 0 Å². The maximum absolute atomic E-state index is 4.19. The van der Waals surface area contributed by atoms with Crippen molar-refractivity contribution in [3.05, 3.63) is 42.2 Å². The van der Waals surface area contributed by atoms with Gasteiger partial charge in [0.25, 0.3) is 0 Å². The molecule has 0 saturated heterocycles. The Morgan fingerprint density at radius 1 is 1.28 bits per heavy atom. The number of likely N-dealkylation sites (N-methyl/N-ethyl adjacent to an activating group) is 2. The first-order chi connectivity index (χ1) is 8.72. The normalized spacial score (nSPS) is 13.1. The molecule has 1 N–H and O–H groups in total. The number of nitrogens with zero attached hydrogens (tertiary/aromatic N) is 2. The molecule has 96 valence electrons. The van der Waals surface area contributed by atoms with Gasteiger partial charge in [-0.15, -0.1) is 0 Å². The summed E-state index contributed by atoms with van der Waals surface area (Å²) in [4.78, 5) is 6.41. The molecule has 3 nitrogen and oxygen atoms in total. The molecule has 0 aliphatic heterocycles. The van der Waals surface area contributed by atoms with Gasteiger partial charge in [-0.25, -0.2) is 0 Å². The number of hydrogen-bond acceptors (Lipinski definition) is 3. The molecule has 0 bridgehead atoms. The number of nitrogens with one attached hydrogen (secondary N) is 1. The molecule has 1 heterocycles. The van der Waals surface area contributed by atoms with E-state index in [1.807, 2.05) is 12.4 Å². The van der Waals surface area contributed by atoms with Gasteiger partial charge in [0.05, 0.1) is 0 Å². The molecule has 0 fully saturated rings. The largest absolute Gasteiger partial charge is 0.309 e. The lowest BCUT2D eigenvalue weighted by atomic mass is 9.99. The summed E-state index contributed by atoms with van der Waals surface area (Å²) in [6, 6.07) is 8.89. The summed E-state index contributed by atoms with van der Waals surface area (Å²) in [6.45, 7) is 4.12. The average Bonchev–Trinajstić information content (AvgIpc) is 2.37. The fraction of sp³-hybridized carbons (Fsp3) is 0.400. The molecular formula is C15H21N3. The Hall–Kier alpha value is -1.45. The molecule has 1 unspecified atom stereocenters. The molecule has 1 atom stereocenters. The van der Waals surface area contributed by atoms with E-state index < -0.39 is 0 Å². The van der Waals surface area contributed by atoms with Crippen LogP contribution in [0.2, 0.25) is 0 Å². The summed E-state index contributed by atoms with van der Waals surface area (Å²) in [5.74, 6) is 0. The van der Waals surface area contributed by atoms with Crippen molar-refractivity contribution in [1.82, 2.24) is 15.2 Å².